The van der Waals surface area contributed by atoms with Crippen molar-refractivity contribution in [2.45, 2.75) is 19.4 Å². The van der Waals surface area contributed by atoms with Crippen molar-refractivity contribution in [2.75, 3.05) is 13.7 Å². The first-order valence-electron chi connectivity index (χ1n) is 6.02. The molecule has 2 aromatic heterocycles. The number of rotatable bonds is 3. The molecule has 18 heavy (non-hydrogen) atoms. The summed E-state index contributed by atoms with van der Waals surface area (Å²) in [6.07, 6.45) is 3.76. The summed E-state index contributed by atoms with van der Waals surface area (Å²) >= 11 is 1.81. The predicted molar refractivity (Wildman–Crippen MR) is 71.1 cm³/mol. The molecule has 0 atom stereocenters. The molecule has 5 heteroatoms. The van der Waals surface area contributed by atoms with Crippen LogP contribution in [0, 0.1) is 0 Å². The van der Waals surface area contributed by atoms with E-state index in [1.54, 1.807) is 7.11 Å². The minimum absolute atomic E-state index is 0.654. The lowest BCUT2D eigenvalue weighted by atomic mass is 10.2. The summed E-state index contributed by atoms with van der Waals surface area (Å²) in [5, 5.41) is 4.55. The van der Waals surface area contributed by atoms with Crippen LogP contribution in [0.5, 0.6) is 5.88 Å². The number of aromatic nitrogens is 2. The number of fused-ring (bicyclic) bond motifs is 1. The molecule has 0 spiro atoms. The predicted octanol–water partition coefficient (Wildman–Crippen LogP) is 1.78. The fraction of sp³-hybridized carbons (Fsp3) is 0.385. The lowest BCUT2D eigenvalue weighted by Gasteiger charge is -2.09. The van der Waals surface area contributed by atoms with E-state index in [4.69, 9.17) is 9.72 Å². The second kappa shape index (κ2) is 5.04. The van der Waals surface area contributed by atoms with E-state index in [0.717, 1.165) is 25.9 Å². The van der Waals surface area contributed by atoms with Gasteiger partial charge in [-0.3, -0.25) is 0 Å². The van der Waals surface area contributed by atoms with E-state index in [9.17, 15) is 0 Å². The number of thiazole rings is 1. The van der Waals surface area contributed by atoms with Crippen LogP contribution in [0.15, 0.2) is 18.3 Å². The molecule has 1 aliphatic heterocycles. The van der Waals surface area contributed by atoms with Crippen molar-refractivity contribution < 1.29 is 4.74 Å². The highest BCUT2D eigenvalue weighted by atomic mass is 32.1. The molecule has 0 amide bonds. The molecule has 3 rings (SSSR count). The van der Waals surface area contributed by atoms with Crippen LogP contribution >= 0.6 is 11.3 Å². The standard InChI is InChI=1S/C13H15N3OS/c1-17-12-3-2-9(7-15-12)6-13-16-10-4-5-14-8-11(10)18-13/h2-3,7,14H,4-6,8H2,1H3. The van der Waals surface area contributed by atoms with Crippen molar-refractivity contribution in [3.63, 3.8) is 0 Å². The van der Waals surface area contributed by atoms with Crippen LogP contribution in [-0.4, -0.2) is 23.6 Å². The Balaban J connectivity index is 1.76. The summed E-state index contributed by atoms with van der Waals surface area (Å²) in [4.78, 5) is 10.3. The average Bonchev–Trinajstić information content (AvgIpc) is 2.82. The SMILES string of the molecule is COc1ccc(Cc2nc3c(s2)CNCC3)cn1. The van der Waals surface area contributed by atoms with Crippen molar-refractivity contribution in [3.05, 3.63) is 39.5 Å². The van der Waals surface area contributed by atoms with Gasteiger partial charge in [-0.25, -0.2) is 9.97 Å². The largest absolute Gasteiger partial charge is 0.481 e. The Morgan fingerprint density at radius 1 is 1.44 bits per heavy atom. The highest BCUT2D eigenvalue weighted by Gasteiger charge is 2.14. The van der Waals surface area contributed by atoms with E-state index in [1.165, 1.54) is 21.1 Å². The highest BCUT2D eigenvalue weighted by molar-refractivity contribution is 7.11. The summed E-state index contributed by atoms with van der Waals surface area (Å²) < 4.78 is 5.05. The molecule has 1 N–H and O–H groups in total. The minimum Gasteiger partial charge on any atom is -0.481 e. The maximum atomic E-state index is 5.05. The van der Waals surface area contributed by atoms with Crippen molar-refractivity contribution in [1.82, 2.24) is 15.3 Å². The second-order valence-corrected chi connectivity index (χ2v) is 5.46. The Hall–Kier alpha value is -1.46. The van der Waals surface area contributed by atoms with Crippen LogP contribution in [0.4, 0.5) is 0 Å². The van der Waals surface area contributed by atoms with Crippen LogP contribution in [0.3, 0.4) is 0 Å². The number of ether oxygens (including phenoxy) is 1. The molecule has 4 nitrogen and oxygen atoms in total. The Labute approximate surface area is 110 Å². The van der Waals surface area contributed by atoms with E-state index in [1.807, 2.05) is 29.7 Å². The van der Waals surface area contributed by atoms with Crippen LogP contribution in [0.2, 0.25) is 0 Å². The van der Waals surface area contributed by atoms with Gasteiger partial charge in [0.2, 0.25) is 5.88 Å². The van der Waals surface area contributed by atoms with Gasteiger partial charge >= 0.3 is 0 Å². The van der Waals surface area contributed by atoms with Crippen molar-refractivity contribution in [1.29, 1.82) is 0 Å². The molecule has 0 saturated carbocycles. The summed E-state index contributed by atoms with van der Waals surface area (Å²) in [5.41, 5.74) is 2.45. The molecule has 0 aliphatic carbocycles. The number of methoxy groups -OCH3 is 1. The Kier molecular flexibility index (Phi) is 3.25. The fourth-order valence-electron chi connectivity index (χ4n) is 2.07. The van der Waals surface area contributed by atoms with Gasteiger partial charge in [-0.05, 0) is 5.56 Å². The maximum absolute atomic E-state index is 5.05. The van der Waals surface area contributed by atoms with Crippen LogP contribution < -0.4 is 10.1 Å². The molecule has 0 saturated heterocycles. The Morgan fingerprint density at radius 2 is 2.39 bits per heavy atom. The number of pyridine rings is 1. The van der Waals surface area contributed by atoms with Crippen LogP contribution in [0.1, 0.15) is 21.1 Å². The molecule has 3 heterocycles. The zero-order valence-corrected chi connectivity index (χ0v) is 11.1. The van der Waals surface area contributed by atoms with Crippen LogP contribution in [0.25, 0.3) is 0 Å². The van der Waals surface area contributed by atoms with E-state index in [2.05, 4.69) is 10.3 Å². The van der Waals surface area contributed by atoms with Gasteiger partial charge in [-0.2, -0.15) is 0 Å². The van der Waals surface area contributed by atoms with Crippen molar-refractivity contribution >= 4 is 11.3 Å². The lowest BCUT2D eigenvalue weighted by Crippen LogP contribution is -2.22. The zero-order valence-electron chi connectivity index (χ0n) is 10.3. The fourth-order valence-corrected chi connectivity index (χ4v) is 3.18. The third-order valence-electron chi connectivity index (χ3n) is 3.01. The second-order valence-electron chi connectivity index (χ2n) is 4.29. The van der Waals surface area contributed by atoms with E-state index >= 15 is 0 Å². The van der Waals surface area contributed by atoms with E-state index < -0.39 is 0 Å². The monoisotopic (exact) mass is 261 g/mol. The van der Waals surface area contributed by atoms with Crippen molar-refractivity contribution in [3.8, 4) is 5.88 Å². The van der Waals surface area contributed by atoms with Gasteiger partial charge in [0.1, 0.15) is 0 Å². The molecule has 0 radical (unpaired) electrons. The number of nitrogens with one attached hydrogen (secondary N) is 1. The van der Waals surface area contributed by atoms with E-state index in [-0.39, 0.29) is 0 Å². The first-order chi connectivity index (χ1) is 8.85. The Bertz CT molecular complexity index is 512. The normalized spacial score (nSPS) is 14.3. The third kappa shape index (κ3) is 2.37. The first-order valence-corrected chi connectivity index (χ1v) is 6.84. The molecular weight excluding hydrogens is 246 g/mol. The van der Waals surface area contributed by atoms with Gasteiger partial charge < -0.3 is 10.1 Å². The molecular formula is C13H15N3OS. The average molecular weight is 261 g/mol. The summed E-state index contributed by atoms with van der Waals surface area (Å²) in [6, 6.07) is 3.94. The zero-order chi connectivity index (χ0) is 12.4. The molecule has 0 aromatic carbocycles. The minimum atomic E-state index is 0.654. The highest BCUT2D eigenvalue weighted by Crippen LogP contribution is 2.23. The first kappa shape index (κ1) is 11.6. The van der Waals surface area contributed by atoms with Gasteiger partial charge in [-0.1, -0.05) is 6.07 Å². The van der Waals surface area contributed by atoms with E-state index in [0.29, 0.717) is 5.88 Å². The number of hydrogen-bond donors (Lipinski definition) is 1. The number of hydrogen-bond acceptors (Lipinski definition) is 5. The molecule has 0 fully saturated rings. The number of nitrogens with zero attached hydrogens (tertiary/aromatic N) is 2. The lowest BCUT2D eigenvalue weighted by molar-refractivity contribution is 0.397. The van der Waals surface area contributed by atoms with Gasteiger partial charge in [0, 0.05) is 43.1 Å². The topological polar surface area (TPSA) is 47.0 Å². The molecule has 94 valence electrons. The van der Waals surface area contributed by atoms with Crippen LogP contribution in [-0.2, 0) is 19.4 Å². The summed E-state index contributed by atoms with van der Waals surface area (Å²) in [6.45, 7) is 2.01. The van der Waals surface area contributed by atoms with Gasteiger partial charge in [0.05, 0.1) is 17.8 Å². The summed E-state index contributed by atoms with van der Waals surface area (Å²) in [5.74, 6) is 0.654. The molecule has 1 aliphatic rings. The molecule has 2 aromatic rings. The Morgan fingerprint density at radius 3 is 3.11 bits per heavy atom. The summed E-state index contributed by atoms with van der Waals surface area (Å²) in [7, 11) is 1.63. The van der Waals surface area contributed by atoms with Gasteiger partial charge in [-0.15, -0.1) is 11.3 Å². The van der Waals surface area contributed by atoms with Crippen molar-refractivity contribution in [2.24, 2.45) is 0 Å². The maximum Gasteiger partial charge on any atom is 0.212 e. The third-order valence-corrected chi connectivity index (χ3v) is 4.11. The smallest absolute Gasteiger partial charge is 0.212 e. The van der Waals surface area contributed by atoms with Gasteiger partial charge in [0.25, 0.3) is 0 Å². The molecule has 0 unspecified atom stereocenters. The van der Waals surface area contributed by atoms with Gasteiger partial charge in [0.15, 0.2) is 0 Å². The molecule has 0 bridgehead atoms. The quantitative estimate of drug-likeness (QED) is 0.915.